The molecule has 1 heterocycles. The lowest BCUT2D eigenvalue weighted by molar-refractivity contribution is -0.143. The minimum atomic E-state index is -0.408. The van der Waals surface area contributed by atoms with Crippen molar-refractivity contribution in [2.24, 2.45) is 23.7 Å². The molecule has 5 heteroatoms. The zero-order chi connectivity index (χ0) is 19.3. The fourth-order valence-corrected chi connectivity index (χ4v) is 6.55. The number of benzene rings is 1. The van der Waals surface area contributed by atoms with Gasteiger partial charge in [0.2, 0.25) is 0 Å². The number of rotatable bonds is 4. The fraction of sp³-hybridized carbons (Fsp3) is 0.696. The van der Waals surface area contributed by atoms with Gasteiger partial charge in [-0.25, -0.2) is 4.39 Å². The van der Waals surface area contributed by atoms with Crippen molar-refractivity contribution in [3.8, 4) is 0 Å². The number of carbonyl (C=O) groups excluding carboxylic acids is 1. The van der Waals surface area contributed by atoms with Gasteiger partial charge in [-0.05, 0) is 80.4 Å². The van der Waals surface area contributed by atoms with Crippen LogP contribution in [-0.2, 0) is 9.53 Å². The first-order chi connectivity index (χ1) is 13.6. The van der Waals surface area contributed by atoms with Gasteiger partial charge >= 0.3 is 0 Å². The number of hydrogen-bond acceptors (Lipinski definition) is 3. The molecule has 4 bridgehead atoms. The van der Waals surface area contributed by atoms with E-state index in [9.17, 15) is 9.18 Å². The predicted molar refractivity (Wildman–Crippen MR) is 105 cm³/mol. The summed E-state index contributed by atoms with van der Waals surface area (Å²) in [4.78, 5) is 15.3. The summed E-state index contributed by atoms with van der Waals surface area (Å²) in [6.45, 7) is 4.06. The molecule has 4 aliphatic carbocycles. The molecule has 5 aliphatic rings. The second-order valence-electron chi connectivity index (χ2n) is 9.55. The molecule has 6 rings (SSSR count). The SMILES string of the molecule is CC(c1ccc(F)cc1)N1CCOC(C(=O)NC2C3CC4CC(C3)CC2C4)C1. The minimum absolute atomic E-state index is 0.0634. The van der Waals surface area contributed by atoms with Gasteiger partial charge in [-0.2, -0.15) is 0 Å². The third-order valence-corrected chi connectivity index (χ3v) is 7.83. The first kappa shape index (κ1) is 18.6. The first-order valence-corrected chi connectivity index (χ1v) is 11.0. The van der Waals surface area contributed by atoms with Crippen LogP contribution in [0.5, 0.6) is 0 Å². The molecular weight excluding hydrogens is 355 g/mol. The monoisotopic (exact) mass is 386 g/mol. The van der Waals surface area contributed by atoms with Gasteiger partial charge in [0.15, 0.2) is 0 Å². The molecule has 2 unspecified atom stereocenters. The van der Waals surface area contributed by atoms with E-state index in [-0.39, 0.29) is 17.8 Å². The van der Waals surface area contributed by atoms with E-state index in [1.54, 1.807) is 0 Å². The predicted octanol–water partition coefficient (Wildman–Crippen LogP) is 3.53. The van der Waals surface area contributed by atoms with Gasteiger partial charge in [0.05, 0.1) is 6.61 Å². The molecule has 1 aromatic carbocycles. The van der Waals surface area contributed by atoms with Crippen molar-refractivity contribution in [3.63, 3.8) is 0 Å². The third-order valence-electron chi connectivity index (χ3n) is 7.83. The maximum absolute atomic E-state index is 13.2. The number of amides is 1. The highest BCUT2D eigenvalue weighted by atomic mass is 19.1. The van der Waals surface area contributed by atoms with Crippen LogP contribution < -0.4 is 5.32 Å². The molecule has 1 saturated heterocycles. The zero-order valence-electron chi connectivity index (χ0n) is 16.6. The van der Waals surface area contributed by atoms with Gasteiger partial charge in [0.1, 0.15) is 11.9 Å². The summed E-state index contributed by atoms with van der Waals surface area (Å²) in [5, 5.41) is 3.40. The first-order valence-electron chi connectivity index (χ1n) is 11.0. The van der Waals surface area contributed by atoms with Crippen molar-refractivity contribution in [3.05, 3.63) is 35.6 Å². The molecule has 1 amide bonds. The van der Waals surface area contributed by atoms with Crippen LogP contribution in [0.3, 0.4) is 0 Å². The average Bonchev–Trinajstić information content (AvgIpc) is 2.70. The molecule has 5 fully saturated rings. The number of nitrogens with zero attached hydrogens (tertiary/aromatic N) is 1. The Morgan fingerprint density at radius 2 is 1.75 bits per heavy atom. The summed E-state index contributed by atoms with van der Waals surface area (Å²) >= 11 is 0. The Morgan fingerprint density at radius 1 is 1.11 bits per heavy atom. The van der Waals surface area contributed by atoms with E-state index in [0.29, 0.717) is 31.0 Å². The summed E-state index contributed by atoms with van der Waals surface area (Å²) in [6, 6.07) is 7.17. The highest BCUT2D eigenvalue weighted by molar-refractivity contribution is 5.81. The molecule has 1 N–H and O–H groups in total. The average molecular weight is 387 g/mol. The number of hydrogen-bond donors (Lipinski definition) is 1. The highest BCUT2D eigenvalue weighted by Crippen LogP contribution is 2.53. The van der Waals surface area contributed by atoms with E-state index in [4.69, 9.17) is 4.74 Å². The molecule has 4 nitrogen and oxygen atoms in total. The summed E-state index contributed by atoms with van der Waals surface area (Å²) in [5.41, 5.74) is 1.07. The molecule has 0 spiro atoms. The lowest BCUT2D eigenvalue weighted by atomic mass is 9.54. The van der Waals surface area contributed by atoms with Crippen molar-refractivity contribution in [1.82, 2.24) is 10.2 Å². The van der Waals surface area contributed by atoms with E-state index < -0.39 is 6.10 Å². The van der Waals surface area contributed by atoms with Crippen molar-refractivity contribution >= 4 is 5.91 Å². The largest absolute Gasteiger partial charge is 0.366 e. The Labute approximate surface area is 166 Å². The third kappa shape index (κ3) is 3.48. The fourth-order valence-electron chi connectivity index (χ4n) is 6.55. The van der Waals surface area contributed by atoms with Crippen molar-refractivity contribution in [2.45, 2.75) is 57.2 Å². The molecule has 1 aromatic rings. The zero-order valence-corrected chi connectivity index (χ0v) is 16.6. The Bertz CT molecular complexity index is 694. The van der Waals surface area contributed by atoms with Gasteiger partial charge in [-0.3, -0.25) is 9.69 Å². The number of morpholine rings is 1. The van der Waals surface area contributed by atoms with Gasteiger partial charge in [-0.15, -0.1) is 0 Å². The maximum atomic E-state index is 13.2. The summed E-state index contributed by atoms with van der Waals surface area (Å²) < 4.78 is 19.1. The van der Waals surface area contributed by atoms with Crippen LogP contribution in [-0.4, -0.2) is 42.6 Å². The Morgan fingerprint density at radius 3 is 2.39 bits per heavy atom. The molecule has 0 aromatic heterocycles. The number of halogens is 1. The van der Waals surface area contributed by atoms with Gasteiger partial charge in [-0.1, -0.05) is 12.1 Å². The van der Waals surface area contributed by atoms with Crippen LogP contribution in [0.1, 0.15) is 50.6 Å². The summed E-state index contributed by atoms with van der Waals surface area (Å²) in [7, 11) is 0. The van der Waals surface area contributed by atoms with Gasteiger partial charge in [0, 0.05) is 25.2 Å². The van der Waals surface area contributed by atoms with Crippen molar-refractivity contribution in [1.29, 1.82) is 0 Å². The van der Waals surface area contributed by atoms with E-state index in [1.807, 2.05) is 12.1 Å². The van der Waals surface area contributed by atoms with E-state index in [2.05, 4.69) is 17.1 Å². The summed E-state index contributed by atoms with van der Waals surface area (Å²) in [5.74, 6) is 3.03. The van der Waals surface area contributed by atoms with Crippen LogP contribution in [0.4, 0.5) is 4.39 Å². The molecular formula is C23H31FN2O2. The lowest BCUT2D eigenvalue weighted by Crippen LogP contribution is -2.59. The topological polar surface area (TPSA) is 41.6 Å². The minimum Gasteiger partial charge on any atom is -0.366 e. The number of nitrogens with one attached hydrogen (secondary N) is 1. The van der Waals surface area contributed by atoms with Gasteiger partial charge < -0.3 is 10.1 Å². The van der Waals surface area contributed by atoms with Crippen molar-refractivity contribution < 1.29 is 13.9 Å². The number of ether oxygens (including phenoxy) is 1. The molecule has 2 atom stereocenters. The molecule has 4 saturated carbocycles. The molecule has 152 valence electrons. The van der Waals surface area contributed by atoms with E-state index in [0.717, 1.165) is 23.9 Å². The highest BCUT2D eigenvalue weighted by Gasteiger charge is 2.49. The van der Waals surface area contributed by atoms with Crippen LogP contribution >= 0.6 is 0 Å². The standard InChI is InChI=1S/C23H31FN2O2/c1-14(17-2-4-20(24)5-3-17)26-6-7-28-21(13-26)23(27)25-22-18-9-15-8-16(11-18)12-19(22)10-15/h2-5,14-16,18-19,21-22H,6-13H2,1H3,(H,25,27). The number of carbonyl (C=O) groups is 1. The normalized spacial score (nSPS) is 38.4. The second-order valence-corrected chi connectivity index (χ2v) is 9.55. The Kier molecular flexibility index (Phi) is 4.92. The summed E-state index contributed by atoms with van der Waals surface area (Å²) in [6.07, 6.45) is 6.23. The quantitative estimate of drug-likeness (QED) is 0.861. The molecule has 1 aliphatic heterocycles. The van der Waals surface area contributed by atoms with E-state index in [1.165, 1.54) is 44.2 Å². The van der Waals surface area contributed by atoms with Crippen LogP contribution in [0.15, 0.2) is 24.3 Å². The van der Waals surface area contributed by atoms with Crippen molar-refractivity contribution in [2.75, 3.05) is 19.7 Å². The maximum Gasteiger partial charge on any atom is 0.250 e. The van der Waals surface area contributed by atoms with Crippen LogP contribution in [0.2, 0.25) is 0 Å². The second kappa shape index (κ2) is 7.42. The lowest BCUT2D eigenvalue weighted by Gasteiger charge is -2.54. The smallest absolute Gasteiger partial charge is 0.250 e. The van der Waals surface area contributed by atoms with Gasteiger partial charge in [0.25, 0.3) is 5.91 Å². The molecule has 28 heavy (non-hydrogen) atoms. The van der Waals surface area contributed by atoms with Crippen LogP contribution in [0, 0.1) is 29.5 Å². The van der Waals surface area contributed by atoms with E-state index >= 15 is 0 Å². The molecule has 0 radical (unpaired) electrons. The Balaban J connectivity index is 1.21. The Hall–Kier alpha value is -1.46. The van der Waals surface area contributed by atoms with Crippen LogP contribution in [0.25, 0.3) is 0 Å².